The van der Waals surface area contributed by atoms with Crippen LogP contribution in [0.15, 0.2) is 17.5 Å². The van der Waals surface area contributed by atoms with Gasteiger partial charge in [0.15, 0.2) is 4.77 Å². The van der Waals surface area contributed by atoms with E-state index < -0.39 is 0 Å². The van der Waals surface area contributed by atoms with Gasteiger partial charge in [-0.1, -0.05) is 6.07 Å². The quantitative estimate of drug-likeness (QED) is 0.706. The number of carbonyl (C=O) groups excluding carboxylic acids is 1. The van der Waals surface area contributed by atoms with Crippen molar-refractivity contribution in [3.05, 3.63) is 33.0 Å². The number of hydrogen-bond donors (Lipinski definition) is 1. The number of nitrogens with one attached hydrogen (secondary N) is 1. The molecular formula is C18H26N6OS2. The fraction of sp³-hybridized carbons (Fsp3) is 0.611. The summed E-state index contributed by atoms with van der Waals surface area (Å²) in [4.78, 5) is 17.8. The molecule has 2 aromatic heterocycles. The summed E-state index contributed by atoms with van der Waals surface area (Å²) in [6.07, 6.45) is 3.09. The smallest absolute Gasteiger partial charge is 0.234 e. The van der Waals surface area contributed by atoms with Gasteiger partial charge in [0.1, 0.15) is 5.82 Å². The first-order chi connectivity index (χ1) is 13.1. The summed E-state index contributed by atoms with van der Waals surface area (Å²) < 4.78 is 4.69. The number of carbonyl (C=O) groups is 1. The zero-order valence-corrected chi connectivity index (χ0v) is 17.3. The summed E-state index contributed by atoms with van der Waals surface area (Å²) in [5.41, 5.74) is 0. The lowest BCUT2D eigenvalue weighted by atomic mass is 10.3. The lowest BCUT2D eigenvalue weighted by Crippen LogP contribution is -2.49. The number of thiophene rings is 1. The molecule has 2 aromatic rings. The molecule has 0 radical (unpaired) electrons. The van der Waals surface area contributed by atoms with E-state index in [0.29, 0.717) is 19.3 Å². The van der Waals surface area contributed by atoms with Crippen LogP contribution in [0.25, 0.3) is 0 Å². The predicted molar refractivity (Wildman–Crippen MR) is 108 cm³/mol. The molecule has 9 heteroatoms. The highest BCUT2D eigenvalue weighted by Crippen LogP contribution is 2.18. The SMILES string of the molecule is Cn1c(Cc2cccs2)nn(CN2CCN(CC(=O)NC3CC3)CC2)c1=S. The molecule has 27 heavy (non-hydrogen) atoms. The molecule has 0 spiro atoms. The van der Waals surface area contributed by atoms with E-state index in [-0.39, 0.29) is 5.91 Å². The Morgan fingerprint density at radius 1 is 1.30 bits per heavy atom. The fourth-order valence-electron chi connectivity index (χ4n) is 3.33. The van der Waals surface area contributed by atoms with Gasteiger partial charge < -0.3 is 9.88 Å². The Morgan fingerprint density at radius 2 is 2.04 bits per heavy atom. The van der Waals surface area contributed by atoms with E-state index in [1.54, 1.807) is 11.3 Å². The van der Waals surface area contributed by atoms with E-state index in [9.17, 15) is 4.79 Å². The van der Waals surface area contributed by atoms with E-state index >= 15 is 0 Å². The first kappa shape index (κ1) is 18.8. The Hall–Kier alpha value is -1.55. The Labute approximate surface area is 168 Å². The highest BCUT2D eigenvalue weighted by Gasteiger charge is 2.25. The van der Waals surface area contributed by atoms with Gasteiger partial charge in [0.2, 0.25) is 5.91 Å². The summed E-state index contributed by atoms with van der Waals surface area (Å²) in [6, 6.07) is 4.63. The highest BCUT2D eigenvalue weighted by molar-refractivity contribution is 7.71. The van der Waals surface area contributed by atoms with Crippen LogP contribution < -0.4 is 5.32 Å². The number of amides is 1. The van der Waals surface area contributed by atoms with Crippen LogP contribution in [0.3, 0.4) is 0 Å². The summed E-state index contributed by atoms with van der Waals surface area (Å²) in [7, 11) is 1.99. The van der Waals surface area contributed by atoms with Crippen LogP contribution in [-0.4, -0.2) is 68.8 Å². The van der Waals surface area contributed by atoms with E-state index in [0.717, 1.165) is 56.0 Å². The molecule has 1 aliphatic heterocycles. The van der Waals surface area contributed by atoms with Crippen molar-refractivity contribution in [3.63, 3.8) is 0 Å². The zero-order chi connectivity index (χ0) is 18.8. The maximum Gasteiger partial charge on any atom is 0.234 e. The van der Waals surface area contributed by atoms with E-state index in [4.69, 9.17) is 17.3 Å². The van der Waals surface area contributed by atoms with E-state index in [1.807, 2.05) is 16.3 Å². The second kappa shape index (κ2) is 8.22. The topological polar surface area (TPSA) is 58.3 Å². The monoisotopic (exact) mass is 406 g/mol. The van der Waals surface area contributed by atoms with Crippen molar-refractivity contribution in [2.45, 2.75) is 32.0 Å². The van der Waals surface area contributed by atoms with Crippen LogP contribution in [0.2, 0.25) is 0 Å². The van der Waals surface area contributed by atoms with Gasteiger partial charge in [0.25, 0.3) is 0 Å². The number of rotatable bonds is 7. The minimum absolute atomic E-state index is 0.163. The Balaban J connectivity index is 1.29. The van der Waals surface area contributed by atoms with Crippen molar-refractivity contribution >= 4 is 29.5 Å². The normalized spacial score (nSPS) is 18.7. The molecule has 4 rings (SSSR count). The van der Waals surface area contributed by atoms with Gasteiger partial charge in [-0.05, 0) is 36.5 Å². The predicted octanol–water partition coefficient (Wildman–Crippen LogP) is 1.46. The Morgan fingerprint density at radius 3 is 2.70 bits per heavy atom. The highest BCUT2D eigenvalue weighted by atomic mass is 32.1. The van der Waals surface area contributed by atoms with Crippen LogP contribution >= 0.6 is 23.6 Å². The lowest BCUT2D eigenvalue weighted by molar-refractivity contribution is -0.122. The van der Waals surface area contributed by atoms with E-state index in [2.05, 4.69) is 32.6 Å². The van der Waals surface area contributed by atoms with Crippen LogP contribution in [-0.2, 0) is 24.9 Å². The molecule has 1 amide bonds. The average Bonchev–Trinajstić information content (AvgIpc) is 3.24. The third-order valence-electron chi connectivity index (χ3n) is 5.15. The molecule has 7 nitrogen and oxygen atoms in total. The fourth-order valence-corrected chi connectivity index (χ4v) is 4.24. The second-order valence-electron chi connectivity index (χ2n) is 7.39. The molecule has 1 saturated heterocycles. The van der Waals surface area contributed by atoms with Gasteiger partial charge in [0, 0.05) is 50.6 Å². The molecule has 1 N–H and O–H groups in total. The molecule has 0 aromatic carbocycles. The zero-order valence-electron chi connectivity index (χ0n) is 15.6. The summed E-state index contributed by atoms with van der Waals surface area (Å²) >= 11 is 7.33. The molecule has 2 aliphatic rings. The Bertz CT molecular complexity index is 831. The van der Waals surface area contributed by atoms with Gasteiger partial charge in [0.05, 0.1) is 13.2 Å². The van der Waals surface area contributed by atoms with Crippen molar-refractivity contribution < 1.29 is 4.79 Å². The molecule has 1 saturated carbocycles. The number of piperazine rings is 1. The standard InChI is InChI=1S/C18H26N6OS2/c1-21-16(11-15-3-2-10-27-15)20-24(18(21)26)13-23-8-6-22(7-9-23)12-17(25)19-14-4-5-14/h2-3,10,14H,4-9,11-13H2,1H3,(H,19,25). The second-order valence-corrected chi connectivity index (χ2v) is 8.79. The third kappa shape index (κ3) is 4.84. The number of nitrogens with zero attached hydrogens (tertiary/aromatic N) is 5. The summed E-state index contributed by atoms with van der Waals surface area (Å²) in [5, 5.41) is 9.90. The van der Waals surface area contributed by atoms with Crippen molar-refractivity contribution in [1.82, 2.24) is 29.5 Å². The minimum atomic E-state index is 0.163. The lowest BCUT2D eigenvalue weighted by Gasteiger charge is -2.33. The van der Waals surface area contributed by atoms with Crippen molar-refractivity contribution in [2.75, 3.05) is 32.7 Å². The van der Waals surface area contributed by atoms with Crippen LogP contribution in [0.5, 0.6) is 0 Å². The van der Waals surface area contributed by atoms with Crippen LogP contribution in [0.1, 0.15) is 23.5 Å². The minimum Gasteiger partial charge on any atom is -0.352 e. The number of hydrogen-bond acceptors (Lipinski definition) is 6. The van der Waals surface area contributed by atoms with Crippen molar-refractivity contribution in [1.29, 1.82) is 0 Å². The number of aromatic nitrogens is 3. The molecule has 146 valence electrons. The van der Waals surface area contributed by atoms with Gasteiger partial charge in [-0.2, -0.15) is 5.10 Å². The third-order valence-corrected chi connectivity index (χ3v) is 6.51. The summed E-state index contributed by atoms with van der Waals surface area (Å²) in [5.74, 6) is 1.16. The maximum absolute atomic E-state index is 12.0. The average molecular weight is 407 g/mol. The first-order valence-corrected chi connectivity index (χ1v) is 10.8. The molecule has 1 aliphatic carbocycles. The van der Waals surface area contributed by atoms with Gasteiger partial charge >= 0.3 is 0 Å². The molecule has 0 unspecified atom stereocenters. The Kier molecular flexibility index (Phi) is 5.72. The summed E-state index contributed by atoms with van der Waals surface area (Å²) in [6.45, 7) is 4.88. The van der Waals surface area contributed by atoms with E-state index in [1.165, 1.54) is 4.88 Å². The largest absolute Gasteiger partial charge is 0.352 e. The van der Waals surface area contributed by atoms with Crippen LogP contribution in [0, 0.1) is 4.77 Å². The van der Waals surface area contributed by atoms with Crippen molar-refractivity contribution in [3.8, 4) is 0 Å². The molecule has 0 bridgehead atoms. The first-order valence-electron chi connectivity index (χ1n) is 9.47. The maximum atomic E-state index is 12.0. The van der Waals surface area contributed by atoms with Gasteiger partial charge in [-0.15, -0.1) is 11.3 Å². The molecule has 0 atom stereocenters. The molecular weight excluding hydrogens is 380 g/mol. The van der Waals surface area contributed by atoms with Gasteiger partial charge in [-0.3, -0.25) is 14.6 Å². The van der Waals surface area contributed by atoms with Crippen molar-refractivity contribution in [2.24, 2.45) is 7.05 Å². The van der Waals surface area contributed by atoms with Crippen LogP contribution in [0.4, 0.5) is 0 Å². The molecule has 3 heterocycles. The van der Waals surface area contributed by atoms with Gasteiger partial charge in [-0.25, -0.2) is 4.68 Å². The molecule has 2 fully saturated rings.